The zero-order valence-electron chi connectivity index (χ0n) is 10.0. The smallest absolute Gasteiger partial charge is 0.256 e. The van der Waals surface area contributed by atoms with Gasteiger partial charge in [-0.3, -0.25) is 4.79 Å². The lowest BCUT2D eigenvalue weighted by Gasteiger charge is -2.24. The van der Waals surface area contributed by atoms with Gasteiger partial charge in [-0.25, -0.2) is 0 Å². The van der Waals surface area contributed by atoms with E-state index in [0.717, 1.165) is 18.4 Å². The number of nitrogen functional groups attached to an aromatic ring is 1. The number of rotatable bonds is 2. The molecule has 1 aromatic carbocycles. The fraction of sp³-hybridized carbons (Fsp3) is 0.462. The molecule has 1 amide bonds. The highest BCUT2D eigenvalue weighted by molar-refractivity contribution is 6.00. The van der Waals surface area contributed by atoms with E-state index in [1.54, 1.807) is 11.0 Å². The van der Waals surface area contributed by atoms with E-state index in [1.807, 2.05) is 19.1 Å². The van der Waals surface area contributed by atoms with Gasteiger partial charge in [-0.05, 0) is 31.4 Å². The summed E-state index contributed by atoms with van der Waals surface area (Å²) in [5.74, 6) is -0.0582. The van der Waals surface area contributed by atoms with Crippen molar-refractivity contribution in [3.63, 3.8) is 0 Å². The summed E-state index contributed by atoms with van der Waals surface area (Å²) in [6.07, 6.45) is 1.82. The first-order valence-electron chi connectivity index (χ1n) is 5.92. The van der Waals surface area contributed by atoms with E-state index < -0.39 is 0 Å². The number of hydrogen-bond acceptors (Lipinski definition) is 3. The zero-order valence-corrected chi connectivity index (χ0v) is 10.0. The lowest BCUT2D eigenvalue weighted by Crippen LogP contribution is -2.38. The Morgan fingerprint density at radius 2 is 2.35 bits per heavy atom. The van der Waals surface area contributed by atoms with Gasteiger partial charge >= 0.3 is 0 Å². The molecule has 0 saturated carbocycles. The average Bonchev–Trinajstić information content (AvgIpc) is 2.76. The van der Waals surface area contributed by atoms with Crippen LogP contribution in [-0.2, 0) is 0 Å². The van der Waals surface area contributed by atoms with E-state index in [9.17, 15) is 9.90 Å². The number of nitrogens with two attached hydrogens (primary N) is 1. The van der Waals surface area contributed by atoms with Crippen LogP contribution in [0.2, 0.25) is 0 Å². The first-order valence-corrected chi connectivity index (χ1v) is 5.92. The number of hydrogen-bond donors (Lipinski definition) is 2. The molecule has 1 saturated heterocycles. The molecule has 1 atom stereocenters. The Hall–Kier alpha value is -1.55. The molecule has 92 valence electrons. The van der Waals surface area contributed by atoms with Crippen molar-refractivity contribution < 1.29 is 9.90 Å². The molecule has 1 unspecified atom stereocenters. The maximum absolute atomic E-state index is 12.4. The summed E-state index contributed by atoms with van der Waals surface area (Å²) in [5.41, 5.74) is 7.84. The Morgan fingerprint density at radius 1 is 1.59 bits per heavy atom. The van der Waals surface area contributed by atoms with Crippen molar-refractivity contribution in [2.75, 3.05) is 18.9 Å². The lowest BCUT2D eigenvalue weighted by molar-refractivity contribution is 0.0678. The summed E-state index contributed by atoms with van der Waals surface area (Å²) in [4.78, 5) is 14.1. The maximum atomic E-state index is 12.4. The van der Waals surface area contributed by atoms with Gasteiger partial charge in [0.05, 0.1) is 18.2 Å². The normalized spacial score (nSPS) is 19.6. The van der Waals surface area contributed by atoms with Crippen LogP contribution < -0.4 is 5.73 Å². The number of aryl methyl sites for hydroxylation is 1. The maximum Gasteiger partial charge on any atom is 0.256 e. The molecule has 0 aliphatic carbocycles. The molecule has 4 nitrogen and oxygen atoms in total. The van der Waals surface area contributed by atoms with Crippen molar-refractivity contribution in [2.45, 2.75) is 25.8 Å². The van der Waals surface area contributed by atoms with Crippen molar-refractivity contribution in [2.24, 2.45) is 0 Å². The molecule has 0 radical (unpaired) electrons. The minimum atomic E-state index is -0.0582. The predicted octanol–water partition coefficient (Wildman–Crippen LogP) is 1.17. The standard InChI is InChI=1S/C13H18N2O2/c1-9-4-2-6-11(14)12(9)13(17)15-7-3-5-10(15)8-16/h2,4,6,10,16H,3,5,7-8,14H2,1H3. The number of aliphatic hydroxyl groups excluding tert-OH is 1. The summed E-state index contributed by atoms with van der Waals surface area (Å²) in [7, 11) is 0. The fourth-order valence-corrected chi connectivity index (χ4v) is 2.42. The SMILES string of the molecule is Cc1cccc(N)c1C(=O)N1CCCC1CO. The van der Waals surface area contributed by atoms with Crippen LogP contribution in [0.15, 0.2) is 18.2 Å². The van der Waals surface area contributed by atoms with Crippen LogP contribution >= 0.6 is 0 Å². The monoisotopic (exact) mass is 234 g/mol. The minimum absolute atomic E-state index is 0.0253. The van der Waals surface area contributed by atoms with Crippen LogP contribution in [-0.4, -0.2) is 35.1 Å². The molecular weight excluding hydrogens is 216 g/mol. The number of carbonyl (C=O) groups excluding carboxylic acids is 1. The molecule has 17 heavy (non-hydrogen) atoms. The van der Waals surface area contributed by atoms with Crippen LogP contribution in [0.1, 0.15) is 28.8 Å². The molecule has 1 aliphatic rings. The van der Waals surface area contributed by atoms with Crippen molar-refractivity contribution in [3.8, 4) is 0 Å². The van der Waals surface area contributed by atoms with Crippen molar-refractivity contribution >= 4 is 11.6 Å². The molecule has 0 bridgehead atoms. The summed E-state index contributed by atoms with van der Waals surface area (Å²) < 4.78 is 0. The number of likely N-dealkylation sites (tertiary alicyclic amines) is 1. The van der Waals surface area contributed by atoms with Gasteiger partial charge in [-0.15, -0.1) is 0 Å². The number of carbonyl (C=O) groups is 1. The van der Waals surface area contributed by atoms with Gasteiger partial charge in [0, 0.05) is 12.2 Å². The van der Waals surface area contributed by atoms with Gasteiger partial charge < -0.3 is 15.7 Å². The summed E-state index contributed by atoms with van der Waals surface area (Å²) in [6, 6.07) is 5.41. The Kier molecular flexibility index (Phi) is 3.33. The second-order valence-corrected chi connectivity index (χ2v) is 4.52. The first-order chi connectivity index (χ1) is 8.15. The van der Waals surface area contributed by atoms with Gasteiger partial charge in [-0.1, -0.05) is 12.1 Å². The number of amides is 1. The number of nitrogens with zero attached hydrogens (tertiary/aromatic N) is 1. The topological polar surface area (TPSA) is 66.6 Å². The van der Waals surface area contributed by atoms with Gasteiger partial charge in [0.25, 0.3) is 5.91 Å². The first kappa shape index (κ1) is 11.9. The summed E-state index contributed by atoms with van der Waals surface area (Å²) >= 11 is 0. The Morgan fingerprint density at radius 3 is 3.00 bits per heavy atom. The third-order valence-electron chi connectivity index (χ3n) is 3.37. The molecule has 1 heterocycles. The van der Waals surface area contributed by atoms with E-state index in [2.05, 4.69) is 0 Å². The van der Waals surface area contributed by atoms with E-state index in [-0.39, 0.29) is 18.6 Å². The largest absolute Gasteiger partial charge is 0.398 e. The summed E-state index contributed by atoms with van der Waals surface area (Å²) in [6.45, 7) is 2.61. The van der Waals surface area contributed by atoms with Crippen LogP contribution in [0.3, 0.4) is 0 Å². The quantitative estimate of drug-likeness (QED) is 0.755. The molecule has 0 aromatic heterocycles. The Labute approximate surface area is 101 Å². The summed E-state index contributed by atoms with van der Waals surface area (Å²) in [5, 5.41) is 9.25. The van der Waals surface area contributed by atoms with Gasteiger partial charge in [0.2, 0.25) is 0 Å². The molecule has 1 aliphatic heterocycles. The minimum Gasteiger partial charge on any atom is -0.398 e. The fourth-order valence-electron chi connectivity index (χ4n) is 2.42. The van der Waals surface area contributed by atoms with Crippen LogP contribution in [0.5, 0.6) is 0 Å². The van der Waals surface area contributed by atoms with E-state index in [1.165, 1.54) is 0 Å². The van der Waals surface area contributed by atoms with Crippen LogP contribution in [0.25, 0.3) is 0 Å². The predicted molar refractivity (Wildman–Crippen MR) is 66.7 cm³/mol. The van der Waals surface area contributed by atoms with Crippen molar-refractivity contribution in [1.29, 1.82) is 0 Å². The Bertz CT molecular complexity index is 411. The van der Waals surface area contributed by atoms with Crippen molar-refractivity contribution in [1.82, 2.24) is 4.90 Å². The highest BCUT2D eigenvalue weighted by atomic mass is 16.3. The van der Waals surface area contributed by atoms with Gasteiger partial charge in [0.1, 0.15) is 0 Å². The van der Waals surface area contributed by atoms with Gasteiger partial charge in [-0.2, -0.15) is 0 Å². The molecular formula is C13H18N2O2. The van der Waals surface area contributed by atoms with Crippen LogP contribution in [0, 0.1) is 6.92 Å². The molecule has 1 fully saturated rings. The second-order valence-electron chi connectivity index (χ2n) is 4.52. The molecule has 1 aromatic rings. The lowest BCUT2D eigenvalue weighted by atomic mass is 10.0. The molecule has 0 spiro atoms. The molecule has 3 N–H and O–H groups in total. The van der Waals surface area contributed by atoms with E-state index >= 15 is 0 Å². The highest BCUT2D eigenvalue weighted by Gasteiger charge is 2.30. The van der Waals surface area contributed by atoms with Crippen LogP contribution in [0.4, 0.5) is 5.69 Å². The van der Waals surface area contributed by atoms with Gasteiger partial charge in [0.15, 0.2) is 0 Å². The third kappa shape index (κ3) is 2.13. The third-order valence-corrected chi connectivity index (χ3v) is 3.37. The second kappa shape index (κ2) is 4.75. The zero-order chi connectivity index (χ0) is 12.4. The number of anilines is 1. The Balaban J connectivity index is 2.31. The molecule has 4 heteroatoms. The number of aliphatic hydroxyl groups is 1. The highest BCUT2D eigenvalue weighted by Crippen LogP contribution is 2.24. The van der Waals surface area contributed by atoms with E-state index in [4.69, 9.17) is 5.73 Å². The average molecular weight is 234 g/mol. The van der Waals surface area contributed by atoms with E-state index in [0.29, 0.717) is 17.8 Å². The molecule has 2 rings (SSSR count). The number of benzene rings is 1. The van der Waals surface area contributed by atoms with Crippen molar-refractivity contribution in [3.05, 3.63) is 29.3 Å².